The lowest BCUT2D eigenvalue weighted by Gasteiger charge is -2.29. The molecule has 0 aromatic rings. The van der Waals surface area contributed by atoms with Gasteiger partial charge in [-0.1, -0.05) is 20.3 Å². The number of carbonyl (C=O) groups excluding carboxylic acids is 1. The summed E-state index contributed by atoms with van der Waals surface area (Å²) in [5.74, 6) is -1.23. The Hall–Kier alpha value is -1.26. The SMILES string of the molecule is CCC(CC)N(C)C(=O)NC1CCCC1C(=O)O. The van der Waals surface area contributed by atoms with Crippen LogP contribution in [0.25, 0.3) is 0 Å². The first-order valence-corrected chi connectivity index (χ1v) is 6.77. The maximum atomic E-state index is 12.0. The monoisotopic (exact) mass is 256 g/mol. The zero-order chi connectivity index (χ0) is 13.7. The van der Waals surface area contributed by atoms with E-state index in [9.17, 15) is 9.59 Å². The highest BCUT2D eigenvalue weighted by atomic mass is 16.4. The summed E-state index contributed by atoms with van der Waals surface area (Å²) < 4.78 is 0. The normalized spacial score (nSPS) is 23.1. The molecule has 0 heterocycles. The van der Waals surface area contributed by atoms with Gasteiger partial charge in [-0.15, -0.1) is 0 Å². The van der Waals surface area contributed by atoms with Gasteiger partial charge in [0, 0.05) is 19.1 Å². The number of aliphatic carboxylic acids is 1. The average Bonchev–Trinajstić information content (AvgIpc) is 2.78. The van der Waals surface area contributed by atoms with Crippen molar-refractivity contribution in [3.8, 4) is 0 Å². The number of urea groups is 1. The standard InChI is InChI=1S/C13H24N2O3/c1-4-9(5-2)15(3)13(18)14-11-8-6-7-10(11)12(16)17/h9-11H,4-8H2,1-3H3,(H,14,18)(H,16,17). The number of carboxylic acids is 1. The summed E-state index contributed by atoms with van der Waals surface area (Å²) in [6, 6.07) is -0.150. The van der Waals surface area contributed by atoms with Crippen molar-refractivity contribution in [2.24, 2.45) is 5.92 Å². The summed E-state index contributed by atoms with van der Waals surface area (Å²) in [5, 5.41) is 11.9. The molecule has 18 heavy (non-hydrogen) atoms. The van der Waals surface area contributed by atoms with Gasteiger partial charge in [0.05, 0.1) is 5.92 Å². The molecule has 1 fully saturated rings. The van der Waals surface area contributed by atoms with Gasteiger partial charge >= 0.3 is 12.0 Å². The van der Waals surface area contributed by atoms with Crippen LogP contribution in [0.3, 0.4) is 0 Å². The number of carboxylic acid groups (broad SMARTS) is 1. The third kappa shape index (κ3) is 3.37. The Labute approximate surface area is 109 Å². The highest BCUT2D eigenvalue weighted by Gasteiger charge is 2.34. The van der Waals surface area contributed by atoms with Gasteiger partial charge in [-0.2, -0.15) is 0 Å². The highest BCUT2D eigenvalue weighted by molar-refractivity contribution is 5.77. The van der Waals surface area contributed by atoms with Crippen molar-refractivity contribution in [1.82, 2.24) is 10.2 Å². The maximum absolute atomic E-state index is 12.0. The Kier molecular flexibility index (Phi) is 5.44. The minimum Gasteiger partial charge on any atom is -0.481 e. The molecule has 0 spiro atoms. The molecule has 1 aliphatic rings. The van der Waals surface area contributed by atoms with Gasteiger partial charge in [0.25, 0.3) is 0 Å². The van der Waals surface area contributed by atoms with E-state index >= 15 is 0 Å². The van der Waals surface area contributed by atoms with E-state index in [0.717, 1.165) is 25.7 Å². The predicted molar refractivity (Wildman–Crippen MR) is 69.4 cm³/mol. The number of carbonyl (C=O) groups is 2. The van der Waals surface area contributed by atoms with Crippen LogP contribution >= 0.6 is 0 Å². The van der Waals surface area contributed by atoms with Crippen LogP contribution in [0.15, 0.2) is 0 Å². The van der Waals surface area contributed by atoms with Crippen molar-refractivity contribution < 1.29 is 14.7 Å². The molecule has 2 N–H and O–H groups in total. The molecule has 2 amide bonds. The van der Waals surface area contributed by atoms with E-state index in [1.54, 1.807) is 11.9 Å². The summed E-state index contributed by atoms with van der Waals surface area (Å²) in [6.07, 6.45) is 4.12. The second kappa shape index (κ2) is 6.61. The molecule has 0 radical (unpaired) electrons. The van der Waals surface area contributed by atoms with Crippen molar-refractivity contribution in [3.05, 3.63) is 0 Å². The molecule has 1 saturated carbocycles. The molecule has 2 unspecified atom stereocenters. The quantitative estimate of drug-likeness (QED) is 0.791. The van der Waals surface area contributed by atoms with Crippen molar-refractivity contribution in [2.75, 3.05) is 7.05 Å². The van der Waals surface area contributed by atoms with Gasteiger partial charge in [-0.25, -0.2) is 4.79 Å². The lowest BCUT2D eigenvalue weighted by atomic mass is 10.0. The van der Waals surface area contributed by atoms with E-state index in [2.05, 4.69) is 5.32 Å². The first-order valence-electron chi connectivity index (χ1n) is 6.77. The molecular weight excluding hydrogens is 232 g/mol. The van der Waals surface area contributed by atoms with Crippen molar-refractivity contribution in [1.29, 1.82) is 0 Å². The molecule has 5 nitrogen and oxygen atoms in total. The van der Waals surface area contributed by atoms with Gasteiger partial charge < -0.3 is 15.3 Å². The fourth-order valence-corrected chi connectivity index (χ4v) is 2.69. The predicted octanol–water partition coefficient (Wildman–Crippen LogP) is 2.07. The molecule has 0 aromatic carbocycles. The fourth-order valence-electron chi connectivity index (χ4n) is 2.69. The van der Waals surface area contributed by atoms with E-state index < -0.39 is 11.9 Å². The van der Waals surface area contributed by atoms with Crippen LogP contribution in [-0.2, 0) is 4.79 Å². The number of amides is 2. The Morgan fingerprint density at radius 2 is 1.94 bits per heavy atom. The summed E-state index contributed by atoms with van der Waals surface area (Å²) in [5.41, 5.74) is 0. The van der Waals surface area contributed by atoms with Gasteiger partial charge in [0.1, 0.15) is 0 Å². The lowest BCUT2D eigenvalue weighted by molar-refractivity contribution is -0.142. The third-order valence-electron chi connectivity index (χ3n) is 3.95. The number of hydrogen-bond donors (Lipinski definition) is 2. The molecule has 5 heteroatoms. The van der Waals surface area contributed by atoms with Crippen molar-refractivity contribution in [3.63, 3.8) is 0 Å². The van der Waals surface area contributed by atoms with Gasteiger partial charge in [-0.3, -0.25) is 4.79 Å². The molecule has 0 aliphatic heterocycles. The van der Waals surface area contributed by atoms with Crippen molar-refractivity contribution >= 4 is 12.0 Å². The summed E-state index contributed by atoms with van der Waals surface area (Å²) >= 11 is 0. The number of nitrogens with zero attached hydrogens (tertiary/aromatic N) is 1. The summed E-state index contributed by atoms with van der Waals surface area (Å²) in [6.45, 7) is 4.10. The average molecular weight is 256 g/mol. The largest absolute Gasteiger partial charge is 0.481 e. The van der Waals surface area contributed by atoms with Crippen LogP contribution in [0, 0.1) is 5.92 Å². The van der Waals surface area contributed by atoms with E-state index in [4.69, 9.17) is 5.11 Å². The Bertz CT molecular complexity index is 303. The Morgan fingerprint density at radius 3 is 2.44 bits per heavy atom. The maximum Gasteiger partial charge on any atom is 0.317 e. The fraction of sp³-hybridized carbons (Fsp3) is 0.846. The Morgan fingerprint density at radius 1 is 1.33 bits per heavy atom. The zero-order valence-corrected chi connectivity index (χ0v) is 11.5. The highest BCUT2D eigenvalue weighted by Crippen LogP contribution is 2.26. The van der Waals surface area contributed by atoms with Gasteiger partial charge in [0.2, 0.25) is 0 Å². The first-order chi connectivity index (χ1) is 8.51. The van der Waals surface area contributed by atoms with Crippen LogP contribution < -0.4 is 5.32 Å². The van der Waals surface area contributed by atoms with Crippen LogP contribution in [0.1, 0.15) is 46.0 Å². The minimum atomic E-state index is -0.803. The van der Waals surface area contributed by atoms with Crippen LogP contribution in [0.2, 0.25) is 0 Å². The van der Waals surface area contributed by atoms with Crippen LogP contribution in [0.4, 0.5) is 4.79 Å². The molecular formula is C13H24N2O3. The molecule has 1 aliphatic carbocycles. The molecule has 0 bridgehead atoms. The second-order valence-electron chi connectivity index (χ2n) is 5.01. The number of rotatable bonds is 5. The second-order valence-corrected chi connectivity index (χ2v) is 5.01. The first kappa shape index (κ1) is 14.8. The zero-order valence-electron chi connectivity index (χ0n) is 11.5. The minimum absolute atomic E-state index is 0.151. The lowest BCUT2D eigenvalue weighted by Crippen LogP contribution is -2.49. The topological polar surface area (TPSA) is 69.6 Å². The van der Waals surface area contributed by atoms with Crippen LogP contribution in [-0.4, -0.2) is 41.1 Å². The van der Waals surface area contributed by atoms with E-state index in [-0.39, 0.29) is 18.1 Å². The van der Waals surface area contributed by atoms with E-state index in [1.807, 2.05) is 13.8 Å². The van der Waals surface area contributed by atoms with Crippen molar-refractivity contribution in [2.45, 2.75) is 58.0 Å². The molecule has 2 atom stereocenters. The summed E-state index contributed by atoms with van der Waals surface area (Å²) in [7, 11) is 1.78. The number of hydrogen-bond acceptors (Lipinski definition) is 2. The van der Waals surface area contributed by atoms with Crippen LogP contribution in [0.5, 0.6) is 0 Å². The number of nitrogens with one attached hydrogen (secondary N) is 1. The third-order valence-corrected chi connectivity index (χ3v) is 3.95. The summed E-state index contributed by atoms with van der Waals surface area (Å²) in [4.78, 5) is 24.8. The van der Waals surface area contributed by atoms with Gasteiger partial charge in [-0.05, 0) is 25.7 Å². The molecule has 0 saturated heterocycles. The molecule has 104 valence electrons. The Balaban J connectivity index is 2.56. The van der Waals surface area contributed by atoms with Gasteiger partial charge in [0.15, 0.2) is 0 Å². The molecule has 1 rings (SSSR count). The van der Waals surface area contributed by atoms with E-state index in [0.29, 0.717) is 6.42 Å². The molecule has 0 aromatic heterocycles. The smallest absolute Gasteiger partial charge is 0.317 e. The van der Waals surface area contributed by atoms with E-state index in [1.165, 1.54) is 0 Å².